The molecule has 4 fully saturated rings. The summed E-state index contributed by atoms with van der Waals surface area (Å²) in [4.78, 5) is 12.3. The van der Waals surface area contributed by atoms with Gasteiger partial charge >= 0.3 is 0 Å². The van der Waals surface area contributed by atoms with Crippen molar-refractivity contribution in [3.63, 3.8) is 0 Å². The summed E-state index contributed by atoms with van der Waals surface area (Å²) < 4.78 is 12.0. The van der Waals surface area contributed by atoms with E-state index in [2.05, 4.69) is 19.9 Å². The maximum Gasteiger partial charge on any atom is 0.172 e. The quantitative estimate of drug-likeness (QED) is 0.705. The lowest BCUT2D eigenvalue weighted by Crippen LogP contribution is -2.57. The van der Waals surface area contributed by atoms with Crippen LogP contribution in [0.5, 0.6) is 0 Å². The Labute approximate surface area is 162 Å². The summed E-state index contributed by atoms with van der Waals surface area (Å²) in [5, 5.41) is 11.3. The maximum atomic E-state index is 12.3. The van der Waals surface area contributed by atoms with Crippen molar-refractivity contribution in [3.8, 4) is 0 Å². The van der Waals surface area contributed by atoms with Gasteiger partial charge < -0.3 is 14.6 Å². The molecule has 3 saturated carbocycles. The van der Waals surface area contributed by atoms with Gasteiger partial charge in [0.15, 0.2) is 11.6 Å². The number of hydrogen-bond donors (Lipinski definition) is 1. The Kier molecular flexibility index (Phi) is 3.85. The number of allylic oxidation sites excluding steroid dienone is 1. The van der Waals surface area contributed by atoms with E-state index in [9.17, 15) is 9.90 Å². The summed E-state index contributed by atoms with van der Waals surface area (Å²) in [6.07, 6.45) is 10.3. The van der Waals surface area contributed by atoms with Crippen LogP contribution >= 0.6 is 0 Å². The summed E-state index contributed by atoms with van der Waals surface area (Å²) in [6, 6.07) is 0. The number of carbonyl (C=O) groups is 1. The molecule has 1 N–H and O–H groups in total. The molecule has 0 aromatic rings. The Morgan fingerprint density at radius 3 is 2.48 bits per heavy atom. The second kappa shape index (κ2) is 5.67. The van der Waals surface area contributed by atoms with Crippen LogP contribution in [-0.4, -0.2) is 35.5 Å². The first-order chi connectivity index (χ1) is 12.7. The average Bonchev–Trinajstić information content (AvgIpc) is 3.19. The molecule has 0 bridgehead atoms. The predicted molar refractivity (Wildman–Crippen MR) is 102 cm³/mol. The zero-order chi connectivity index (χ0) is 19.1. The van der Waals surface area contributed by atoms with Gasteiger partial charge in [0.05, 0.1) is 13.2 Å². The summed E-state index contributed by atoms with van der Waals surface area (Å²) in [5.74, 6) is 1.31. The zero-order valence-corrected chi connectivity index (χ0v) is 17.1. The van der Waals surface area contributed by atoms with Gasteiger partial charge in [0.25, 0.3) is 0 Å². The van der Waals surface area contributed by atoms with E-state index in [0.717, 1.165) is 58.2 Å². The van der Waals surface area contributed by atoms with E-state index in [1.165, 1.54) is 0 Å². The van der Waals surface area contributed by atoms with E-state index in [4.69, 9.17) is 9.47 Å². The molecular weight excluding hydrogens is 340 g/mol. The van der Waals surface area contributed by atoms with Crippen molar-refractivity contribution in [3.05, 3.63) is 11.6 Å². The molecule has 1 heterocycles. The van der Waals surface area contributed by atoms with Crippen LogP contribution in [0.15, 0.2) is 11.6 Å². The third kappa shape index (κ3) is 2.24. The van der Waals surface area contributed by atoms with Crippen molar-refractivity contribution in [1.82, 2.24) is 0 Å². The molecule has 0 aromatic carbocycles. The fourth-order valence-corrected chi connectivity index (χ4v) is 7.94. The van der Waals surface area contributed by atoms with Crippen molar-refractivity contribution in [2.24, 2.45) is 28.6 Å². The topological polar surface area (TPSA) is 55.8 Å². The van der Waals surface area contributed by atoms with Crippen molar-refractivity contribution in [2.75, 3.05) is 13.2 Å². The lowest BCUT2D eigenvalue weighted by molar-refractivity contribution is -0.188. The average molecular weight is 375 g/mol. The monoisotopic (exact) mass is 374 g/mol. The smallest absolute Gasteiger partial charge is 0.172 e. The van der Waals surface area contributed by atoms with Gasteiger partial charge in [-0.3, -0.25) is 4.79 Å². The fourth-order valence-electron chi connectivity index (χ4n) is 7.94. The fraction of sp³-hybridized carbons (Fsp3) is 0.870. The minimum Gasteiger partial charge on any atom is -0.382 e. The molecule has 4 heteroatoms. The third-order valence-electron chi connectivity index (χ3n) is 9.66. The number of ether oxygens (including phenoxy) is 2. The van der Waals surface area contributed by atoms with Gasteiger partial charge in [-0.2, -0.15) is 0 Å². The number of rotatable bonds is 1. The summed E-state index contributed by atoms with van der Waals surface area (Å²) in [7, 11) is 0. The van der Waals surface area contributed by atoms with Crippen LogP contribution in [0.25, 0.3) is 0 Å². The van der Waals surface area contributed by atoms with Gasteiger partial charge in [0.1, 0.15) is 5.60 Å². The maximum absolute atomic E-state index is 12.3. The Bertz CT molecular complexity index is 692. The number of carbonyl (C=O) groups excluding carboxylic acids is 1. The van der Waals surface area contributed by atoms with Crippen molar-refractivity contribution < 1.29 is 19.4 Å². The molecule has 0 aromatic heterocycles. The lowest BCUT2D eigenvalue weighted by Gasteiger charge is -2.59. The highest BCUT2D eigenvalue weighted by Gasteiger charge is 2.65. The van der Waals surface area contributed by atoms with Gasteiger partial charge in [-0.15, -0.1) is 0 Å². The number of fused-ring (bicyclic) bond motifs is 5. The largest absolute Gasteiger partial charge is 0.382 e. The van der Waals surface area contributed by atoms with Gasteiger partial charge in [-0.25, -0.2) is 0 Å². The highest BCUT2D eigenvalue weighted by atomic mass is 16.7. The van der Waals surface area contributed by atoms with E-state index in [1.807, 2.05) is 0 Å². The standard InChI is InChI=1S/C23H34O4/c1-15(24)23(25)9-7-19-17-5-4-16-14-22(26-12-13-27-22)11-10-20(16,2)18(17)6-8-21(19,23)3/h4,17-19,25H,5-14H2,1-3H3. The predicted octanol–water partition coefficient (Wildman–Crippen LogP) is 4.01. The summed E-state index contributed by atoms with van der Waals surface area (Å²) in [5.41, 5.74) is 0.396. The molecule has 1 saturated heterocycles. The highest BCUT2D eigenvalue weighted by molar-refractivity contribution is 5.86. The Morgan fingerprint density at radius 2 is 1.78 bits per heavy atom. The van der Waals surface area contributed by atoms with E-state index in [0.29, 0.717) is 24.2 Å². The number of Topliss-reactive ketones (excluding diaryl/α,β-unsaturated/α-hetero) is 1. The SMILES string of the molecule is CC(=O)C1(O)CCC2C3CC=C4CC5(CCC4(C)C3CCC21C)OCCO5. The van der Waals surface area contributed by atoms with E-state index in [-0.39, 0.29) is 22.4 Å². The van der Waals surface area contributed by atoms with Gasteiger partial charge in [0, 0.05) is 18.3 Å². The minimum atomic E-state index is -1.12. The van der Waals surface area contributed by atoms with Gasteiger partial charge in [0.2, 0.25) is 0 Å². The molecule has 1 spiro atoms. The molecule has 0 amide bonds. The molecule has 0 radical (unpaired) electrons. The Morgan fingerprint density at radius 1 is 1.07 bits per heavy atom. The first kappa shape index (κ1) is 18.3. The van der Waals surface area contributed by atoms with Crippen LogP contribution in [0.1, 0.15) is 72.1 Å². The molecule has 1 aliphatic heterocycles. The minimum absolute atomic E-state index is 0.0284. The Balaban J connectivity index is 1.46. The van der Waals surface area contributed by atoms with Crippen LogP contribution in [0.3, 0.4) is 0 Å². The molecule has 4 nitrogen and oxygen atoms in total. The molecule has 4 aliphatic carbocycles. The molecule has 150 valence electrons. The van der Waals surface area contributed by atoms with E-state index >= 15 is 0 Å². The van der Waals surface area contributed by atoms with Crippen LogP contribution in [0.4, 0.5) is 0 Å². The highest BCUT2D eigenvalue weighted by Crippen LogP contribution is 2.68. The summed E-state index contributed by atoms with van der Waals surface area (Å²) >= 11 is 0. The number of aliphatic hydroxyl groups is 1. The number of hydrogen-bond acceptors (Lipinski definition) is 4. The first-order valence-electron chi connectivity index (χ1n) is 11.0. The first-order valence-corrected chi connectivity index (χ1v) is 11.0. The second-order valence-electron chi connectivity index (χ2n) is 10.5. The Hall–Kier alpha value is -0.710. The van der Waals surface area contributed by atoms with Crippen LogP contribution in [0.2, 0.25) is 0 Å². The number of ketones is 1. The molecule has 6 unspecified atom stereocenters. The summed E-state index contributed by atoms with van der Waals surface area (Å²) in [6.45, 7) is 7.69. The lowest BCUT2D eigenvalue weighted by atomic mass is 9.46. The van der Waals surface area contributed by atoms with Gasteiger partial charge in [-0.05, 0) is 68.6 Å². The van der Waals surface area contributed by atoms with Crippen molar-refractivity contribution >= 4 is 5.78 Å². The van der Waals surface area contributed by atoms with Crippen LogP contribution in [0, 0.1) is 28.6 Å². The normalized spacial score (nSPS) is 50.7. The zero-order valence-electron chi connectivity index (χ0n) is 17.1. The molecule has 5 aliphatic rings. The third-order valence-corrected chi connectivity index (χ3v) is 9.66. The molecule has 6 atom stereocenters. The van der Waals surface area contributed by atoms with Crippen LogP contribution < -0.4 is 0 Å². The van der Waals surface area contributed by atoms with Crippen LogP contribution in [-0.2, 0) is 14.3 Å². The molecule has 5 rings (SSSR count). The van der Waals surface area contributed by atoms with Crippen molar-refractivity contribution in [2.45, 2.75) is 83.5 Å². The molecular formula is C23H34O4. The molecule has 27 heavy (non-hydrogen) atoms. The van der Waals surface area contributed by atoms with E-state index in [1.54, 1.807) is 12.5 Å². The second-order valence-corrected chi connectivity index (χ2v) is 10.5. The van der Waals surface area contributed by atoms with Crippen molar-refractivity contribution in [1.29, 1.82) is 0 Å². The van der Waals surface area contributed by atoms with E-state index < -0.39 is 5.60 Å². The van der Waals surface area contributed by atoms with Gasteiger partial charge in [-0.1, -0.05) is 25.5 Å².